The molecule has 18 heavy (non-hydrogen) atoms. The lowest BCUT2D eigenvalue weighted by molar-refractivity contribution is 0.0601. The quantitative estimate of drug-likeness (QED) is 0.605. The molecule has 0 radical (unpaired) electrons. The summed E-state index contributed by atoms with van der Waals surface area (Å²) >= 11 is 0. The van der Waals surface area contributed by atoms with E-state index in [1.165, 1.54) is 0 Å². The van der Waals surface area contributed by atoms with Gasteiger partial charge < -0.3 is 4.74 Å². The minimum atomic E-state index is -1.29. The fourth-order valence-electron chi connectivity index (χ4n) is 1.98. The van der Waals surface area contributed by atoms with E-state index in [-0.39, 0.29) is 0 Å². The number of hydrogen-bond acceptors (Lipinski definition) is 2. The molecule has 1 aliphatic heterocycles. The fraction of sp³-hybridized carbons (Fsp3) is 0.643. The Bertz CT molecular complexity index is 444. The summed E-state index contributed by atoms with van der Waals surface area (Å²) < 4.78 is 7.40. The van der Waals surface area contributed by atoms with Crippen LogP contribution in [0.4, 0.5) is 0 Å². The van der Waals surface area contributed by atoms with E-state index in [0.717, 1.165) is 38.2 Å². The summed E-state index contributed by atoms with van der Waals surface area (Å²) in [6.45, 7) is 9.56. The molecule has 2 heterocycles. The zero-order valence-electron chi connectivity index (χ0n) is 11.6. The van der Waals surface area contributed by atoms with Gasteiger partial charge in [0.15, 0.2) is 0 Å². The zero-order chi connectivity index (χ0) is 13.0. The Morgan fingerprint density at radius 3 is 2.78 bits per heavy atom. The van der Waals surface area contributed by atoms with Gasteiger partial charge in [-0.05, 0) is 18.8 Å². The van der Waals surface area contributed by atoms with E-state index in [2.05, 4.69) is 42.4 Å². The van der Waals surface area contributed by atoms with E-state index < -0.39 is 8.07 Å². The van der Waals surface area contributed by atoms with E-state index >= 15 is 0 Å². The second-order valence-corrected chi connectivity index (χ2v) is 10.8. The normalized spacial score (nSPS) is 17.3. The summed E-state index contributed by atoms with van der Waals surface area (Å²) in [6.07, 6.45) is 6.25. The van der Waals surface area contributed by atoms with Gasteiger partial charge >= 0.3 is 0 Å². The van der Waals surface area contributed by atoms with Crippen LogP contribution in [0.3, 0.4) is 0 Å². The molecule has 0 aliphatic carbocycles. The molecule has 0 N–H and O–H groups in total. The maximum Gasteiger partial charge on any atom is 0.129 e. The minimum absolute atomic E-state index is 0.705. The van der Waals surface area contributed by atoms with Gasteiger partial charge in [0.25, 0.3) is 0 Å². The Morgan fingerprint density at radius 2 is 2.11 bits per heavy atom. The molecule has 1 fully saturated rings. The Kier molecular flexibility index (Phi) is 4.26. The van der Waals surface area contributed by atoms with Crippen molar-refractivity contribution in [1.82, 2.24) is 9.78 Å². The number of ether oxygens (including phenoxy) is 1. The van der Waals surface area contributed by atoms with Gasteiger partial charge in [0.1, 0.15) is 8.07 Å². The maximum atomic E-state index is 5.37. The Balaban J connectivity index is 1.94. The van der Waals surface area contributed by atoms with Gasteiger partial charge in [0.2, 0.25) is 0 Å². The van der Waals surface area contributed by atoms with Gasteiger partial charge in [0, 0.05) is 26.0 Å². The van der Waals surface area contributed by atoms with Crippen molar-refractivity contribution in [2.75, 3.05) is 13.2 Å². The Morgan fingerprint density at radius 1 is 1.39 bits per heavy atom. The second-order valence-electron chi connectivity index (χ2n) is 6.01. The van der Waals surface area contributed by atoms with Crippen LogP contribution in [0.5, 0.6) is 0 Å². The van der Waals surface area contributed by atoms with E-state index in [0.29, 0.717) is 5.92 Å². The highest BCUT2D eigenvalue weighted by molar-refractivity contribution is 6.83. The van der Waals surface area contributed by atoms with Crippen molar-refractivity contribution in [2.45, 2.75) is 39.0 Å². The van der Waals surface area contributed by atoms with Crippen molar-refractivity contribution in [3.8, 4) is 11.5 Å². The van der Waals surface area contributed by atoms with E-state index in [9.17, 15) is 0 Å². The van der Waals surface area contributed by atoms with Gasteiger partial charge in [-0.3, -0.25) is 4.68 Å². The standard InChI is InChI=1S/C14H22N2OSi/c1-18(2,3)9-6-14-10-15-16(12-14)11-13-4-7-17-8-5-13/h10,12-13H,4-5,7-8,11H2,1-3H3. The van der Waals surface area contributed by atoms with Crippen molar-refractivity contribution < 1.29 is 4.74 Å². The molecule has 1 saturated heterocycles. The first-order valence-electron chi connectivity index (χ1n) is 6.66. The third kappa shape index (κ3) is 4.32. The average molecular weight is 262 g/mol. The van der Waals surface area contributed by atoms with Crippen LogP contribution in [-0.4, -0.2) is 31.1 Å². The van der Waals surface area contributed by atoms with E-state index in [4.69, 9.17) is 4.74 Å². The average Bonchev–Trinajstić information content (AvgIpc) is 2.75. The molecule has 98 valence electrons. The highest BCUT2D eigenvalue weighted by atomic mass is 28.3. The third-order valence-corrected chi connectivity index (χ3v) is 3.88. The molecular weight excluding hydrogens is 240 g/mol. The molecule has 0 saturated carbocycles. The van der Waals surface area contributed by atoms with Gasteiger partial charge in [-0.2, -0.15) is 5.10 Å². The van der Waals surface area contributed by atoms with Crippen molar-refractivity contribution in [3.63, 3.8) is 0 Å². The van der Waals surface area contributed by atoms with Gasteiger partial charge in [0.05, 0.1) is 11.8 Å². The molecule has 0 unspecified atom stereocenters. The topological polar surface area (TPSA) is 27.1 Å². The number of nitrogens with zero attached hydrogens (tertiary/aromatic N) is 2. The van der Waals surface area contributed by atoms with Gasteiger partial charge in [-0.15, -0.1) is 5.54 Å². The van der Waals surface area contributed by atoms with E-state index in [1.807, 2.05) is 10.9 Å². The summed E-state index contributed by atoms with van der Waals surface area (Å²) in [6, 6.07) is 0. The molecule has 0 bridgehead atoms. The van der Waals surface area contributed by atoms with Crippen LogP contribution in [0.1, 0.15) is 18.4 Å². The van der Waals surface area contributed by atoms with Crippen molar-refractivity contribution in [2.24, 2.45) is 5.92 Å². The highest BCUT2D eigenvalue weighted by Gasteiger charge is 2.14. The summed E-state index contributed by atoms with van der Waals surface area (Å²) in [7, 11) is -1.29. The summed E-state index contributed by atoms with van der Waals surface area (Å²) in [5.41, 5.74) is 4.42. The molecule has 1 aromatic rings. The molecule has 0 atom stereocenters. The smallest absolute Gasteiger partial charge is 0.129 e. The van der Waals surface area contributed by atoms with Crippen LogP contribution in [0.15, 0.2) is 12.4 Å². The zero-order valence-corrected chi connectivity index (χ0v) is 12.6. The van der Waals surface area contributed by atoms with Crippen molar-refractivity contribution in [1.29, 1.82) is 0 Å². The third-order valence-electron chi connectivity index (χ3n) is 3.00. The lowest BCUT2D eigenvalue weighted by Crippen LogP contribution is -2.20. The minimum Gasteiger partial charge on any atom is -0.381 e. The molecule has 0 amide bonds. The van der Waals surface area contributed by atoms with Crippen LogP contribution in [0, 0.1) is 17.4 Å². The molecule has 0 spiro atoms. The second kappa shape index (κ2) is 5.72. The van der Waals surface area contributed by atoms with Crippen LogP contribution < -0.4 is 0 Å². The summed E-state index contributed by atoms with van der Waals surface area (Å²) in [5, 5.41) is 4.40. The predicted octanol–water partition coefficient (Wildman–Crippen LogP) is 2.54. The molecule has 1 aliphatic rings. The molecule has 3 nitrogen and oxygen atoms in total. The summed E-state index contributed by atoms with van der Waals surface area (Å²) in [5.74, 6) is 3.95. The lowest BCUT2D eigenvalue weighted by atomic mass is 10.0. The number of hydrogen-bond donors (Lipinski definition) is 0. The van der Waals surface area contributed by atoms with Crippen molar-refractivity contribution in [3.05, 3.63) is 18.0 Å². The summed E-state index contributed by atoms with van der Waals surface area (Å²) in [4.78, 5) is 0. The largest absolute Gasteiger partial charge is 0.381 e. The van der Waals surface area contributed by atoms with Gasteiger partial charge in [-0.25, -0.2) is 0 Å². The number of rotatable bonds is 2. The molecular formula is C14H22N2OSi. The van der Waals surface area contributed by atoms with Crippen LogP contribution in [-0.2, 0) is 11.3 Å². The van der Waals surface area contributed by atoms with Crippen LogP contribution in [0.2, 0.25) is 19.6 Å². The first-order chi connectivity index (χ1) is 8.53. The lowest BCUT2D eigenvalue weighted by Gasteiger charge is -2.21. The Labute approximate surface area is 111 Å². The first-order valence-corrected chi connectivity index (χ1v) is 10.2. The first kappa shape index (κ1) is 13.4. The highest BCUT2D eigenvalue weighted by Crippen LogP contribution is 2.16. The van der Waals surface area contributed by atoms with Crippen LogP contribution >= 0.6 is 0 Å². The number of aromatic nitrogens is 2. The van der Waals surface area contributed by atoms with E-state index in [1.54, 1.807) is 0 Å². The molecule has 1 aromatic heterocycles. The SMILES string of the molecule is C[Si](C)(C)C#Cc1cnn(CC2CCOCC2)c1. The Hall–Kier alpha value is -1.05. The fourth-order valence-corrected chi connectivity index (χ4v) is 2.50. The maximum absolute atomic E-state index is 5.37. The van der Waals surface area contributed by atoms with Crippen molar-refractivity contribution >= 4 is 8.07 Å². The monoisotopic (exact) mass is 262 g/mol. The predicted molar refractivity (Wildman–Crippen MR) is 76.0 cm³/mol. The van der Waals surface area contributed by atoms with Gasteiger partial charge in [-0.1, -0.05) is 25.6 Å². The molecule has 4 heteroatoms. The molecule has 2 rings (SSSR count). The van der Waals surface area contributed by atoms with Crippen LogP contribution in [0.25, 0.3) is 0 Å². The molecule has 0 aromatic carbocycles.